The molecule has 2 aromatic rings. The summed E-state index contributed by atoms with van der Waals surface area (Å²) in [7, 11) is 0. The van der Waals surface area contributed by atoms with Crippen molar-refractivity contribution in [1.29, 1.82) is 0 Å². The zero-order valence-electron chi connectivity index (χ0n) is 10.9. The predicted octanol–water partition coefficient (Wildman–Crippen LogP) is 2.78. The Labute approximate surface area is 113 Å². The van der Waals surface area contributed by atoms with Gasteiger partial charge < -0.3 is 10.6 Å². The van der Waals surface area contributed by atoms with Crippen LogP contribution in [0.2, 0.25) is 0 Å². The molecule has 1 amide bonds. The number of benzene rings is 2. The van der Waals surface area contributed by atoms with E-state index < -0.39 is 0 Å². The summed E-state index contributed by atoms with van der Waals surface area (Å²) in [6.07, 6.45) is 2.52. The number of amides is 1. The first-order chi connectivity index (χ1) is 9.31. The minimum absolute atomic E-state index is 0.0695. The third kappa shape index (κ3) is 3.25. The maximum atomic E-state index is 11.6. The highest BCUT2D eigenvalue weighted by atomic mass is 16.1. The Bertz CT molecular complexity index is 590. The summed E-state index contributed by atoms with van der Waals surface area (Å²) in [5.74, 6) is 0.796. The summed E-state index contributed by atoms with van der Waals surface area (Å²) in [6.45, 7) is 1.17. The summed E-state index contributed by atoms with van der Waals surface area (Å²) in [5, 5.41) is 8.52. The normalized spacial score (nSPS) is 14.3. The zero-order valence-corrected chi connectivity index (χ0v) is 10.9. The van der Waals surface area contributed by atoms with Crippen molar-refractivity contribution in [1.82, 2.24) is 5.32 Å². The molecule has 0 saturated heterocycles. The minimum atomic E-state index is 0.0695. The van der Waals surface area contributed by atoms with E-state index in [0.29, 0.717) is 6.54 Å². The Hall–Kier alpha value is -2.03. The third-order valence-electron chi connectivity index (χ3n) is 3.49. The minimum Gasteiger partial charge on any atom is -0.376 e. The predicted molar refractivity (Wildman–Crippen MR) is 78.2 cm³/mol. The van der Waals surface area contributed by atoms with Crippen molar-refractivity contribution < 1.29 is 4.79 Å². The standard InChI is InChI=1S/C16H18N2O/c19-16(18-10-12-5-6-12)11-17-15-8-7-13-3-1-2-4-14(13)9-15/h1-4,7-9,12,17H,5-6,10-11H2,(H,18,19). The summed E-state index contributed by atoms with van der Waals surface area (Å²) in [4.78, 5) is 11.6. The molecule has 3 rings (SSSR count). The molecule has 19 heavy (non-hydrogen) atoms. The molecule has 1 saturated carbocycles. The lowest BCUT2D eigenvalue weighted by atomic mass is 10.1. The largest absolute Gasteiger partial charge is 0.376 e. The second kappa shape index (κ2) is 5.31. The van der Waals surface area contributed by atoms with Gasteiger partial charge in [0.05, 0.1) is 6.54 Å². The van der Waals surface area contributed by atoms with E-state index in [2.05, 4.69) is 34.9 Å². The summed E-state index contributed by atoms with van der Waals surface area (Å²) < 4.78 is 0. The molecule has 0 heterocycles. The van der Waals surface area contributed by atoms with Crippen molar-refractivity contribution in [3.8, 4) is 0 Å². The number of carbonyl (C=O) groups is 1. The van der Waals surface area contributed by atoms with Gasteiger partial charge in [0, 0.05) is 12.2 Å². The zero-order chi connectivity index (χ0) is 13.1. The molecule has 0 atom stereocenters. The smallest absolute Gasteiger partial charge is 0.239 e. The van der Waals surface area contributed by atoms with Gasteiger partial charge in [0.15, 0.2) is 0 Å². The maximum Gasteiger partial charge on any atom is 0.239 e. The molecule has 0 spiro atoms. The van der Waals surface area contributed by atoms with E-state index >= 15 is 0 Å². The van der Waals surface area contributed by atoms with Gasteiger partial charge in [-0.15, -0.1) is 0 Å². The van der Waals surface area contributed by atoms with Gasteiger partial charge in [-0.1, -0.05) is 30.3 Å². The number of anilines is 1. The highest BCUT2D eigenvalue weighted by Crippen LogP contribution is 2.27. The molecule has 2 aromatic carbocycles. The van der Waals surface area contributed by atoms with Gasteiger partial charge in [-0.3, -0.25) is 4.79 Å². The second-order valence-corrected chi connectivity index (χ2v) is 5.16. The van der Waals surface area contributed by atoms with Gasteiger partial charge >= 0.3 is 0 Å². The number of hydrogen-bond acceptors (Lipinski definition) is 2. The molecule has 1 aliphatic carbocycles. The van der Waals surface area contributed by atoms with Crippen LogP contribution >= 0.6 is 0 Å². The van der Waals surface area contributed by atoms with Crippen LogP contribution in [0.5, 0.6) is 0 Å². The van der Waals surface area contributed by atoms with Crippen LogP contribution in [0.15, 0.2) is 42.5 Å². The fourth-order valence-electron chi connectivity index (χ4n) is 2.12. The Morgan fingerprint density at radius 2 is 1.89 bits per heavy atom. The van der Waals surface area contributed by atoms with E-state index in [-0.39, 0.29) is 5.91 Å². The van der Waals surface area contributed by atoms with Crippen molar-refractivity contribution in [2.75, 3.05) is 18.4 Å². The Morgan fingerprint density at radius 1 is 1.11 bits per heavy atom. The molecule has 0 unspecified atom stereocenters. The molecule has 0 aliphatic heterocycles. The molecule has 2 N–H and O–H groups in total. The third-order valence-corrected chi connectivity index (χ3v) is 3.49. The highest BCUT2D eigenvalue weighted by Gasteiger charge is 2.21. The monoisotopic (exact) mass is 254 g/mol. The molecule has 3 nitrogen and oxygen atoms in total. The van der Waals surface area contributed by atoms with Crippen LogP contribution in [0.4, 0.5) is 5.69 Å². The van der Waals surface area contributed by atoms with Crippen LogP contribution in [0.1, 0.15) is 12.8 Å². The quantitative estimate of drug-likeness (QED) is 0.861. The van der Waals surface area contributed by atoms with E-state index in [9.17, 15) is 4.79 Å². The van der Waals surface area contributed by atoms with Gasteiger partial charge in [0.25, 0.3) is 0 Å². The number of carbonyl (C=O) groups excluding carboxylic acids is 1. The first kappa shape index (κ1) is 12.0. The lowest BCUT2D eigenvalue weighted by Crippen LogP contribution is -2.31. The molecule has 1 fully saturated rings. The Kier molecular flexibility index (Phi) is 3.36. The van der Waals surface area contributed by atoms with Gasteiger partial charge in [0.1, 0.15) is 0 Å². The molecule has 98 valence electrons. The van der Waals surface area contributed by atoms with Gasteiger partial charge in [-0.25, -0.2) is 0 Å². The van der Waals surface area contributed by atoms with Crippen LogP contribution in [0.25, 0.3) is 10.8 Å². The highest BCUT2D eigenvalue weighted by molar-refractivity contribution is 5.87. The fraction of sp³-hybridized carbons (Fsp3) is 0.312. The van der Waals surface area contributed by atoms with E-state index in [0.717, 1.165) is 18.2 Å². The molecule has 0 aromatic heterocycles. The molecule has 1 aliphatic rings. The second-order valence-electron chi connectivity index (χ2n) is 5.16. The van der Waals surface area contributed by atoms with Crippen LogP contribution in [-0.2, 0) is 4.79 Å². The first-order valence-corrected chi connectivity index (χ1v) is 6.80. The number of hydrogen-bond donors (Lipinski definition) is 2. The maximum absolute atomic E-state index is 11.6. The van der Waals surface area contributed by atoms with Gasteiger partial charge in [0.2, 0.25) is 5.91 Å². The van der Waals surface area contributed by atoms with E-state index in [4.69, 9.17) is 0 Å². The number of rotatable bonds is 5. The summed E-state index contributed by atoms with van der Waals surface area (Å²) in [5.41, 5.74) is 0.986. The summed E-state index contributed by atoms with van der Waals surface area (Å²) >= 11 is 0. The lowest BCUT2D eigenvalue weighted by Gasteiger charge is -2.08. The number of fused-ring (bicyclic) bond motifs is 1. The molecule has 0 radical (unpaired) electrons. The molecular formula is C16H18N2O. The van der Waals surface area contributed by atoms with Crippen molar-refractivity contribution in [2.45, 2.75) is 12.8 Å². The molecule has 0 bridgehead atoms. The lowest BCUT2D eigenvalue weighted by molar-refractivity contribution is -0.119. The first-order valence-electron chi connectivity index (χ1n) is 6.80. The van der Waals surface area contributed by atoms with E-state index in [1.807, 2.05) is 18.2 Å². The SMILES string of the molecule is O=C(CNc1ccc2ccccc2c1)NCC1CC1. The average Bonchev–Trinajstić information content (AvgIpc) is 3.27. The van der Waals surface area contributed by atoms with Crippen LogP contribution in [-0.4, -0.2) is 19.0 Å². The molecule has 3 heteroatoms. The van der Waals surface area contributed by atoms with Gasteiger partial charge in [-0.2, -0.15) is 0 Å². The molecular weight excluding hydrogens is 236 g/mol. The van der Waals surface area contributed by atoms with E-state index in [1.165, 1.54) is 23.6 Å². The van der Waals surface area contributed by atoms with E-state index in [1.54, 1.807) is 0 Å². The fourth-order valence-corrected chi connectivity index (χ4v) is 2.12. The summed E-state index contributed by atoms with van der Waals surface area (Å²) in [6, 6.07) is 14.4. The van der Waals surface area contributed by atoms with Crippen molar-refractivity contribution in [3.63, 3.8) is 0 Å². The van der Waals surface area contributed by atoms with Crippen LogP contribution in [0.3, 0.4) is 0 Å². The Balaban J connectivity index is 1.56. The average molecular weight is 254 g/mol. The van der Waals surface area contributed by atoms with Crippen molar-refractivity contribution in [2.24, 2.45) is 5.92 Å². The Morgan fingerprint density at radius 3 is 2.68 bits per heavy atom. The van der Waals surface area contributed by atoms with Crippen LogP contribution < -0.4 is 10.6 Å². The number of nitrogens with one attached hydrogen (secondary N) is 2. The van der Waals surface area contributed by atoms with Crippen molar-refractivity contribution >= 4 is 22.4 Å². The topological polar surface area (TPSA) is 41.1 Å². The van der Waals surface area contributed by atoms with Gasteiger partial charge in [-0.05, 0) is 41.7 Å². The van der Waals surface area contributed by atoms with Crippen molar-refractivity contribution in [3.05, 3.63) is 42.5 Å². The van der Waals surface area contributed by atoms with Crippen LogP contribution in [0, 0.1) is 5.92 Å².